The first-order valence-electron chi connectivity index (χ1n) is 12.5. The van der Waals surface area contributed by atoms with Gasteiger partial charge in [0, 0.05) is 0 Å². The van der Waals surface area contributed by atoms with Crippen LogP contribution in [-0.4, -0.2) is 0 Å². The van der Waals surface area contributed by atoms with Gasteiger partial charge in [-0.2, -0.15) is 0 Å². The van der Waals surface area contributed by atoms with Crippen LogP contribution in [0.25, 0.3) is 0 Å². The summed E-state index contributed by atoms with van der Waals surface area (Å²) in [5, 5.41) is 0. The van der Waals surface area contributed by atoms with Crippen molar-refractivity contribution in [3.05, 3.63) is 58.2 Å². The molecule has 0 radical (unpaired) electrons. The molecule has 0 spiro atoms. The largest absolute Gasteiger partial charge is 0.0856 e. The zero-order valence-corrected chi connectivity index (χ0v) is 21.7. The Morgan fingerprint density at radius 1 is 0.500 bits per heavy atom. The van der Waals surface area contributed by atoms with Crippen molar-refractivity contribution in [3.8, 4) is 0 Å². The maximum atomic E-state index is 2.46. The number of hydrogen-bond acceptors (Lipinski definition) is 0. The molecule has 0 aromatic carbocycles. The average molecular weight is 413 g/mol. The number of hydrogen-bond donors (Lipinski definition) is 0. The molecule has 0 rings (SSSR count). The summed E-state index contributed by atoms with van der Waals surface area (Å²) >= 11 is 0. The summed E-state index contributed by atoms with van der Waals surface area (Å²) in [6, 6.07) is 0. The minimum Gasteiger partial charge on any atom is -0.0856 e. The zero-order valence-electron chi connectivity index (χ0n) is 21.7. The summed E-state index contributed by atoms with van der Waals surface area (Å²) in [4.78, 5) is 0. The van der Waals surface area contributed by atoms with Crippen LogP contribution >= 0.6 is 0 Å². The Morgan fingerprint density at radius 2 is 0.867 bits per heavy atom. The Labute approximate surface area is 190 Å². The molecule has 0 amide bonds. The highest BCUT2D eigenvalue weighted by Crippen LogP contribution is 2.15. The van der Waals surface area contributed by atoms with Crippen molar-refractivity contribution in [1.82, 2.24) is 0 Å². The van der Waals surface area contributed by atoms with E-state index in [2.05, 4.69) is 85.8 Å². The minimum atomic E-state index is 0.832. The van der Waals surface area contributed by atoms with Crippen LogP contribution in [0.15, 0.2) is 58.2 Å². The van der Waals surface area contributed by atoms with E-state index in [1.54, 1.807) is 11.1 Å². The van der Waals surface area contributed by atoms with Crippen LogP contribution in [-0.2, 0) is 0 Å². The van der Waals surface area contributed by atoms with Crippen molar-refractivity contribution < 1.29 is 0 Å². The van der Waals surface area contributed by atoms with Gasteiger partial charge < -0.3 is 0 Å². The lowest BCUT2D eigenvalue weighted by Crippen LogP contribution is -1.87. The molecule has 0 unspecified atom stereocenters. The van der Waals surface area contributed by atoms with Gasteiger partial charge >= 0.3 is 0 Å². The quantitative estimate of drug-likeness (QED) is 0.175. The van der Waals surface area contributed by atoms with Gasteiger partial charge in [0.25, 0.3) is 0 Å². The van der Waals surface area contributed by atoms with Crippen LogP contribution in [0.3, 0.4) is 0 Å². The first kappa shape index (κ1) is 28.7. The van der Waals surface area contributed by atoms with Gasteiger partial charge in [0.2, 0.25) is 0 Å². The van der Waals surface area contributed by atoms with Crippen molar-refractivity contribution in [2.75, 3.05) is 0 Å². The van der Waals surface area contributed by atoms with E-state index in [9.17, 15) is 0 Å². The molecular weight excluding hydrogens is 360 g/mol. The van der Waals surface area contributed by atoms with Gasteiger partial charge in [-0.15, -0.1) is 0 Å². The predicted molar refractivity (Wildman–Crippen MR) is 140 cm³/mol. The van der Waals surface area contributed by atoms with E-state index in [4.69, 9.17) is 0 Å². The molecule has 0 aliphatic heterocycles. The first-order chi connectivity index (χ1) is 14.2. The predicted octanol–water partition coefficient (Wildman–Crippen LogP) is 10.7. The second-order valence-corrected chi connectivity index (χ2v) is 9.96. The van der Waals surface area contributed by atoms with Crippen LogP contribution < -0.4 is 0 Å². The van der Waals surface area contributed by atoms with E-state index in [0.29, 0.717) is 0 Å². The van der Waals surface area contributed by atoms with Gasteiger partial charge in [0.05, 0.1) is 0 Å². The summed E-state index contributed by atoms with van der Waals surface area (Å²) < 4.78 is 0. The van der Waals surface area contributed by atoms with E-state index in [1.807, 2.05) is 0 Å². The van der Waals surface area contributed by atoms with Crippen molar-refractivity contribution in [2.24, 2.45) is 5.92 Å². The smallest absolute Gasteiger partial charge is 0.0288 e. The summed E-state index contributed by atoms with van der Waals surface area (Å²) in [5.74, 6) is 0.832. The highest BCUT2D eigenvalue weighted by Gasteiger charge is 1.96. The Morgan fingerprint density at radius 3 is 1.27 bits per heavy atom. The fourth-order valence-corrected chi connectivity index (χ4v) is 3.54. The van der Waals surface area contributed by atoms with Gasteiger partial charge in [-0.05, 0) is 112 Å². The molecule has 0 nitrogen and oxygen atoms in total. The van der Waals surface area contributed by atoms with Crippen molar-refractivity contribution >= 4 is 0 Å². The van der Waals surface area contributed by atoms with Gasteiger partial charge in [-0.1, -0.05) is 78.5 Å². The molecule has 0 aromatic heterocycles. The summed E-state index contributed by atoms with van der Waals surface area (Å²) in [6.07, 6.45) is 25.6. The topological polar surface area (TPSA) is 0 Å². The lowest BCUT2D eigenvalue weighted by atomic mass is 10.0. The van der Waals surface area contributed by atoms with Crippen LogP contribution in [0.1, 0.15) is 126 Å². The molecule has 0 saturated heterocycles. The van der Waals surface area contributed by atoms with Gasteiger partial charge in [-0.25, -0.2) is 0 Å². The fraction of sp³-hybridized carbons (Fsp3) is 0.667. The van der Waals surface area contributed by atoms with Crippen molar-refractivity contribution in [3.63, 3.8) is 0 Å². The third-order valence-electron chi connectivity index (χ3n) is 5.66. The van der Waals surface area contributed by atoms with E-state index < -0.39 is 0 Å². The maximum absolute atomic E-state index is 2.46. The summed E-state index contributed by atoms with van der Waals surface area (Å²) in [7, 11) is 0. The molecule has 0 bridgehead atoms. The second kappa shape index (κ2) is 18.5. The van der Waals surface area contributed by atoms with E-state index >= 15 is 0 Å². The lowest BCUT2D eigenvalue weighted by molar-refractivity contribution is 0.554. The maximum Gasteiger partial charge on any atom is -0.0288 e. The third kappa shape index (κ3) is 20.0. The molecule has 0 atom stereocenters. The molecule has 0 aliphatic rings. The Bertz CT molecular complexity index is 586. The van der Waals surface area contributed by atoms with Crippen LogP contribution in [0.4, 0.5) is 0 Å². The van der Waals surface area contributed by atoms with Gasteiger partial charge in [-0.3, -0.25) is 0 Å². The molecule has 0 heteroatoms. The zero-order chi connectivity index (χ0) is 22.8. The van der Waals surface area contributed by atoms with Crippen LogP contribution in [0, 0.1) is 5.92 Å². The van der Waals surface area contributed by atoms with E-state index in [0.717, 1.165) is 5.92 Å². The second-order valence-electron chi connectivity index (χ2n) is 9.96. The monoisotopic (exact) mass is 412 g/mol. The van der Waals surface area contributed by atoms with Crippen molar-refractivity contribution in [1.29, 1.82) is 0 Å². The molecule has 0 aromatic rings. The molecule has 0 fully saturated rings. The third-order valence-corrected chi connectivity index (χ3v) is 5.66. The Balaban J connectivity index is 4.01. The highest BCUT2D eigenvalue weighted by molar-refractivity contribution is 5.07. The Hall–Kier alpha value is -1.30. The highest BCUT2D eigenvalue weighted by atomic mass is 14.0. The molecule has 30 heavy (non-hydrogen) atoms. The van der Waals surface area contributed by atoms with Crippen molar-refractivity contribution in [2.45, 2.75) is 126 Å². The molecule has 0 N–H and O–H groups in total. The Kier molecular flexibility index (Phi) is 17.7. The number of allylic oxidation sites excluding steroid dienone is 10. The van der Waals surface area contributed by atoms with Crippen LogP contribution in [0.5, 0.6) is 0 Å². The number of rotatable bonds is 16. The fourth-order valence-electron chi connectivity index (χ4n) is 3.54. The van der Waals surface area contributed by atoms with Gasteiger partial charge in [0.15, 0.2) is 0 Å². The van der Waals surface area contributed by atoms with Crippen LogP contribution in [0.2, 0.25) is 0 Å². The molecule has 0 aliphatic carbocycles. The summed E-state index contributed by atoms with van der Waals surface area (Å²) in [6.45, 7) is 18.1. The standard InChI is InChI=1S/C30H52/c1-25(2)15-11-19-29(7)23-13-21-27(5)17-9-10-18-28(6)22-14-24-30(8)20-12-16-26(3)4/h15,17-18,23-24,26H,9-14,16,19-22H2,1-8H3/b27-17?,28-18+,29-23?,30-24?. The molecule has 172 valence electrons. The first-order valence-corrected chi connectivity index (χ1v) is 12.5. The summed E-state index contributed by atoms with van der Waals surface area (Å²) in [5.41, 5.74) is 7.61. The minimum absolute atomic E-state index is 0.832. The SMILES string of the molecule is CC(C)=CCCC(C)=CCCC(C)=CCC/C=C(\C)CCC=C(C)CCCC(C)C. The van der Waals surface area contributed by atoms with Gasteiger partial charge in [0.1, 0.15) is 0 Å². The number of unbranched alkanes of at least 4 members (excludes halogenated alkanes) is 1. The van der Waals surface area contributed by atoms with E-state index in [1.165, 1.54) is 87.3 Å². The molecule has 0 heterocycles. The molecular formula is C30H52. The normalized spacial score (nSPS) is 13.9. The average Bonchev–Trinajstić information content (AvgIpc) is 2.64. The molecule has 0 saturated carbocycles. The lowest BCUT2D eigenvalue weighted by Gasteiger charge is -2.05. The van der Waals surface area contributed by atoms with E-state index in [-0.39, 0.29) is 0 Å².